The molecule has 5 rings (SSSR count). The van der Waals surface area contributed by atoms with Crippen LogP contribution in [0, 0.1) is 5.82 Å². The highest BCUT2D eigenvalue weighted by Gasteiger charge is 2.27. The number of nitrogens with two attached hydrogens (primary N) is 1. The number of aromatic nitrogens is 1. The molecule has 1 aliphatic rings. The second-order valence-electron chi connectivity index (χ2n) is 9.43. The number of carbonyl (C=O) groups is 1. The fraction of sp³-hybridized carbons (Fsp3) is 0.286. The van der Waals surface area contributed by atoms with Crippen molar-refractivity contribution >= 4 is 45.9 Å². The molecular formula is C28H26Cl2FN3O4. The quantitative estimate of drug-likeness (QED) is 0.268. The Labute approximate surface area is 229 Å². The number of pyridine rings is 1. The number of nitrogens with zero attached hydrogens (tertiary/aromatic N) is 2. The summed E-state index contributed by atoms with van der Waals surface area (Å²) in [5, 5.41) is 0.797. The summed E-state index contributed by atoms with van der Waals surface area (Å²) in [5.41, 5.74) is 8.95. The molecule has 2 aromatic heterocycles. The van der Waals surface area contributed by atoms with Crippen LogP contribution in [0.5, 0.6) is 5.75 Å². The van der Waals surface area contributed by atoms with E-state index in [2.05, 4.69) is 4.98 Å². The molecule has 3 atom stereocenters. The van der Waals surface area contributed by atoms with E-state index in [1.165, 1.54) is 12.1 Å². The highest BCUT2D eigenvalue weighted by atomic mass is 35.5. The molecule has 0 radical (unpaired) electrons. The van der Waals surface area contributed by atoms with Gasteiger partial charge in [-0.05, 0) is 50.6 Å². The van der Waals surface area contributed by atoms with Gasteiger partial charge in [-0.15, -0.1) is 0 Å². The van der Waals surface area contributed by atoms with Crippen molar-refractivity contribution in [2.75, 3.05) is 18.8 Å². The highest BCUT2D eigenvalue weighted by Crippen LogP contribution is 2.41. The van der Waals surface area contributed by atoms with E-state index in [0.29, 0.717) is 35.2 Å². The van der Waals surface area contributed by atoms with Gasteiger partial charge in [-0.2, -0.15) is 0 Å². The Balaban J connectivity index is 1.43. The van der Waals surface area contributed by atoms with Crippen LogP contribution in [-0.4, -0.2) is 41.1 Å². The fourth-order valence-electron chi connectivity index (χ4n) is 4.79. The lowest BCUT2D eigenvalue weighted by molar-refractivity contribution is -0.0586. The van der Waals surface area contributed by atoms with Crippen molar-refractivity contribution in [2.24, 2.45) is 0 Å². The topological polar surface area (TPSA) is 90.8 Å². The fourth-order valence-corrected chi connectivity index (χ4v) is 5.47. The molecule has 3 heterocycles. The molecule has 4 aromatic rings. The van der Waals surface area contributed by atoms with Crippen molar-refractivity contribution in [1.29, 1.82) is 0 Å². The molecule has 10 heteroatoms. The summed E-state index contributed by atoms with van der Waals surface area (Å²) in [4.78, 5) is 19.1. The molecule has 0 aliphatic carbocycles. The Kier molecular flexibility index (Phi) is 7.22. The van der Waals surface area contributed by atoms with Gasteiger partial charge >= 0.3 is 0 Å². The first-order chi connectivity index (χ1) is 18.1. The van der Waals surface area contributed by atoms with E-state index in [9.17, 15) is 9.18 Å². The number of rotatable bonds is 5. The number of amides is 1. The normalized spacial score (nSPS) is 18.5. The summed E-state index contributed by atoms with van der Waals surface area (Å²) in [6.45, 7) is 6.71. The standard InChI is InChI=1S/C28H26Cl2FN3O4/c1-14-11-34(12-15(2)37-14)28(35)18-6-4-17(5-7-18)20-13-36-25-19(20)10-33-27(32)26(25)38-16(3)23-21(29)8-9-22(31)24(23)30/h4-10,13-16H,11-12H2,1-3H3,(H2,32,33)/t14?,15?,16-/m1/s1. The van der Waals surface area contributed by atoms with Gasteiger partial charge in [0.15, 0.2) is 11.4 Å². The molecule has 198 valence electrons. The maximum Gasteiger partial charge on any atom is 0.254 e. The SMILES string of the molecule is CC1CN(C(=O)c2ccc(-c3coc4c(O[C@H](C)c5c(Cl)ccc(F)c5Cl)c(N)ncc34)cc2)CC(C)O1. The van der Waals surface area contributed by atoms with Crippen LogP contribution in [-0.2, 0) is 4.74 Å². The third kappa shape index (κ3) is 4.91. The van der Waals surface area contributed by atoms with E-state index in [4.69, 9.17) is 42.8 Å². The number of hydrogen-bond donors (Lipinski definition) is 1. The summed E-state index contributed by atoms with van der Waals surface area (Å²) in [7, 11) is 0. The van der Waals surface area contributed by atoms with Gasteiger partial charge in [0.05, 0.1) is 28.9 Å². The minimum absolute atomic E-state index is 0.00805. The molecule has 0 spiro atoms. The zero-order valence-electron chi connectivity index (χ0n) is 21.0. The number of furan rings is 1. The highest BCUT2D eigenvalue weighted by molar-refractivity contribution is 6.36. The van der Waals surface area contributed by atoms with Crippen molar-refractivity contribution in [3.05, 3.63) is 75.8 Å². The lowest BCUT2D eigenvalue weighted by atomic mass is 10.0. The van der Waals surface area contributed by atoms with Gasteiger partial charge in [0.25, 0.3) is 5.91 Å². The number of nitrogen functional groups attached to an aromatic ring is 1. The van der Waals surface area contributed by atoms with Gasteiger partial charge in [-0.3, -0.25) is 4.79 Å². The first-order valence-corrected chi connectivity index (χ1v) is 12.9. The van der Waals surface area contributed by atoms with Crippen molar-refractivity contribution < 1.29 is 23.1 Å². The van der Waals surface area contributed by atoms with E-state index in [-0.39, 0.29) is 39.7 Å². The van der Waals surface area contributed by atoms with Crippen LogP contribution < -0.4 is 10.5 Å². The molecule has 1 fully saturated rings. The van der Waals surface area contributed by atoms with Crippen LogP contribution in [0.2, 0.25) is 10.0 Å². The smallest absolute Gasteiger partial charge is 0.254 e. The molecule has 1 amide bonds. The number of benzene rings is 2. The van der Waals surface area contributed by atoms with Crippen LogP contribution in [0.4, 0.5) is 10.2 Å². The van der Waals surface area contributed by atoms with Crippen molar-refractivity contribution in [3.63, 3.8) is 0 Å². The number of ether oxygens (including phenoxy) is 2. The summed E-state index contributed by atoms with van der Waals surface area (Å²) in [6, 6.07) is 9.91. The van der Waals surface area contributed by atoms with Gasteiger partial charge in [-0.25, -0.2) is 9.37 Å². The minimum atomic E-state index is -0.745. The van der Waals surface area contributed by atoms with Crippen molar-refractivity contribution in [2.45, 2.75) is 39.1 Å². The average molecular weight is 558 g/mol. The van der Waals surface area contributed by atoms with E-state index in [1.807, 2.05) is 30.9 Å². The zero-order valence-corrected chi connectivity index (χ0v) is 22.5. The lowest BCUT2D eigenvalue weighted by Crippen LogP contribution is -2.48. The zero-order chi connectivity index (χ0) is 27.1. The van der Waals surface area contributed by atoms with Crippen LogP contribution >= 0.6 is 23.2 Å². The number of anilines is 1. The van der Waals surface area contributed by atoms with E-state index < -0.39 is 11.9 Å². The summed E-state index contributed by atoms with van der Waals surface area (Å²) >= 11 is 12.4. The first-order valence-electron chi connectivity index (χ1n) is 12.1. The van der Waals surface area contributed by atoms with Gasteiger partial charge in [0.2, 0.25) is 5.75 Å². The Morgan fingerprint density at radius 2 is 1.84 bits per heavy atom. The first kappa shape index (κ1) is 26.3. The Morgan fingerprint density at radius 3 is 2.53 bits per heavy atom. The molecule has 7 nitrogen and oxygen atoms in total. The predicted octanol–water partition coefficient (Wildman–Crippen LogP) is 6.91. The number of morpholine rings is 1. The third-order valence-corrected chi connectivity index (χ3v) is 7.25. The molecule has 1 aliphatic heterocycles. The van der Waals surface area contributed by atoms with E-state index in [0.717, 1.165) is 11.1 Å². The molecule has 0 saturated carbocycles. The monoisotopic (exact) mass is 557 g/mol. The second-order valence-corrected chi connectivity index (χ2v) is 10.2. The summed E-state index contributed by atoms with van der Waals surface area (Å²) in [5.74, 6) is -0.348. The molecule has 0 bridgehead atoms. The van der Waals surface area contributed by atoms with Crippen LogP contribution in [0.3, 0.4) is 0 Å². The summed E-state index contributed by atoms with van der Waals surface area (Å²) < 4.78 is 31.7. The predicted molar refractivity (Wildman–Crippen MR) is 145 cm³/mol. The maximum absolute atomic E-state index is 14.1. The summed E-state index contributed by atoms with van der Waals surface area (Å²) in [6.07, 6.45) is 2.41. The van der Waals surface area contributed by atoms with Crippen molar-refractivity contribution in [3.8, 4) is 16.9 Å². The molecule has 38 heavy (non-hydrogen) atoms. The molecule has 2 unspecified atom stereocenters. The maximum atomic E-state index is 14.1. The number of halogens is 3. The van der Waals surface area contributed by atoms with Crippen LogP contribution in [0.1, 0.15) is 42.8 Å². The molecular weight excluding hydrogens is 532 g/mol. The molecule has 2 aromatic carbocycles. The Morgan fingerprint density at radius 1 is 1.16 bits per heavy atom. The average Bonchev–Trinajstić information content (AvgIpc) is 3.31. The van der Waals surface area contributed by atoms with Crippen LogP contribution in [0.25, 0.3) is 22.1 Å². The third-order valence-electron chi connectivity index (χ3n) is 6.53. The van der Waals surface area contributed by atoms with Gasteiger partial charge < -0.3 is 24.5 Å². The largest absolute Gasteiger partial charge is 0.478 e. The number of fused-ring (bicyclic) bond motifs is 1. The second kappa shape index (κ2) is 10.4. The van der Waals surface area contributed by atoms with Crippen LogP contribution in [0.15, 0.2) is 53.3 Å². The molecule has 2 N–H and O–H groups in total. The van der Waals surface area contributed by atoms with Crippen molar-refractivity contribution in [1.82, 2.24) is 9.88 Å². The Hall–Kier alpha value is -3.33. The molecule has 1 saturated heterocycles. The number of carbonyl (C=O) groups excluding carboxylic acids is 1. The lowest BCUT2D eigenvalue weighted by Gasteiger charge is -2.35. The Bertz CT molecular complexity index is 1500. The van der Waals surface area contributed by atoms with Gasteiger partial charge in [0.1, 0.15) is 11.9 Å². The number of hydrogen-bond acceptors (Lipinski definition) is 6. The van der Waals surface area contributed by atoms with Gasteiger partial charge in [-0.1, -0.05) is 35.3 Å². The minimum Gasteiger partial charge on any atom is -0.478 e. The van der Waals surface area contributed by atoms with E-state index >= 15 is 0 Å². The van der Waals surface area contributed by atoms with Gasteiger partial charge in [0, 0.05) is 41.0 Å². The van der Waals surface area contributed by atoms with E-state index in [1.54, 1.807) is 31.5 Å².